The molecule has 0 spiro atoms. The molecule has 2 aromatic rings. The van der Waals surface area contributed by atoms with E-state index >= 15 is 0 Å². The molecule has 0 aliphatic carbocycles. The number of nitrogens with zero attached hydrogens (tertiary/aromatic N) is 1. The van der Waals surface area contributed by atoms with E-state index in [9.17, 15) is 17.6 Å². The van der Waals surface area contributed by atoms with Gasteiger partial charge in [0.05, 0.1) is 23.7 Å². The van der Waals surface area contributed by atoms with Gasteiger partial charge in [0, 0.05) is 26.2 Å². The molecule has 1 aliphatic rings. The first kappa shape index (κ1) is 23.3. The first-order valence-corrected chi connectivity index (χ1v) is 11.9. The summed E-state index contributed by atoms with van der Waals surface area (Å²) in [6.07, 6.45) is 1.24. The zero-order valence-electron chi connectivity index (χ0n) is 17.3. The zero-order valence-corrected chi connectivity index (χ0v) is 18.2. The Kier molecular flexibility index (Phi) is 8.53. The Bertz CT molecular complexity index is 964. The first-order valence-electron chi connectivity index (χ1n) is 10.4. The average molecular weight is 450 g/mol. The third-order valence-corrected chi connectivity index (χ3v) is 6.54. The molecule has 0 bridgehead atoms. The Labute approximate surface area is 182 Å². The lowest BCUT2D eigenvalue weighted by Crippen LogP contribution is -2.38. The summed E-state index contributed by atoms with van der Waals surface area (Å²) in [5.41, 5.74) is 0.721. The molecule has 31 heavy (non-hydrogen) atoms. The smallest absolute Gasteiger partial charge is 0.254 e. The van der Waals surface area contributed by atoms with Gasteiger partial charge in [-0.1, -0.05) is 30.3 Å². The van der Waals surface area contributed by atoms with E-state index in [0.29, 0.717) is 32.6 Å². The molecule has 1 amide bonds. The molecule has 2 aromatic carbocycles. The minimum absolute atomic E-state index is 0.138. The van der Waals surface area contributed by atoms with Crippen LogP contribution in [0.3, 0.4) is 0 Å². The number of ether oxygens (including phenoxy) is 1. The van der Waals surface area contributed by atoms with Gasteiger partial charge in [-0.25, -0.2) is 17.5 Å². The van der Waals surface area contributed by atoms with Crippen LogP contribution in [0.25, 0.3) is 0 Å². The first-order chi connectivity index (χ1) is 15.0. The standard InChI is InChI=1S/C22H28FN3O4S/c23-21-8-7-19(31(28,29)25-11-9-18-5-2-1-3-6-18)17-20(21)22(27)24-10-4-12-26-13-15-30-16-14-26/h1-3,5-8,17,25H,4,9-16H2,(H,24,27). The van der Waals surface area contributed by atoms with Crippen molar-refractivity contribution in [1.29, 1.82) is 0 Å². The maximum Gasteiger partial charge on any atom is 0.254 e. The predicted molar refractivity (Wildman–Crippen MR) is 116 cm³/mol. The summed E-state index contributed by atoms with van der Waals surface area (Å²) in [5.74, 6) is -1.38. The van der Waals surface area contributed by atoms with Gasteiger partial charge < -0.3 is 10.1 Å². The second-order valence-electron chi connectivity index (χ2n) is 7.34. The van der Waals surface area contributed by atoms with Gasteiger partial charge in [0.25, 0.3) is 5.91 Å². The van der Waals surface area contributed by atoms with Gasteiger partial charge in [-0.2, -0.15) is 0 Å². The summed E-state index contributed by atoms with van der Waals surface area (Å²) in [7, 11) is -3.86. The van der Waals surface area contributed by atoms with Crippen molar-refractivity contribution in [3.63, 3.8) is 0 Å². The Morgan fingerprint density at radius 1 is 1.06 bits per heavy atom. The highest BCUT2D eigenvalue weighted by molar-refractivity contribution is 7.89. The number of hydrogen-bond donors (Lipinski definition) is 2. The second kappa shape index (κ2) is 11.3. The van der Waals surface area contributed by atoms with Gasteiger partial charge in [-0.3, -0.25) is 9.69 Å². The third kappa shape index (κ3) is 7.10. The minimum Gasteiger partial charge on any atom is -0.379 e. The minimum atomic E-state index is -3.86. The Morgan fingerprint density at radius 2 is 1.81 bits per heavy atom. The van der Waals surface area contributed by atoms with E-state index in [0.717, 1.165) is 43.4 Å². The van der Waals surface area contributed by atoms with Crippen LogP contribution in [0.2, 0.25) is 0 Å². The fraction of sp³-hybridized carbons (Fsp3) is 0.409. The summed E-state index contributed by atoms with van der Waals surface area (Å²) >= 11 is 0. The van der Waals surface area contributed by atoms with E-state index in [-0.39, 0.29) is 17.0 Å². The highest BCUT2D eigenvalue weighted by atomic mass is 32.2. The fourth-order valence-corrected chi connectivity index (χ4v) is 4.39. The van der Waals surface area contributed by atoms with E-state index in [1.54, 1.807) is 0 Å². The normalized spacial score (nSPS) is 15.0. The number of halogens is 1. The summed E-state index contributed by atoms with van der Waals surface area (Å²) in [6.45, 7) is 4.52. The number of nitrogens with one attached hydrogen (secondary N) is 2. The number of rotatable bonds is 10. The lowest BCUT2D eigenvalue weighted by atomic mass is 10.2. The summed E-state index contributed by atoms with van der Waals surface area (Å²) < 4.78 is 47.1. The second-order valence-corrected chi connectivity index (χ2v) is 9.11. The third-order valence-electron chi connectivity index (χ3n) is 5.08. The number of amides is 1. The van der Waals surface area contributed by atoms with Crippen molar-refractivity contribution in [2.75, 3.05) is 45.9 Å². The van der Waals surface area contributed by atoms with Crippen LogP contribution in [0.5, 0.6) is 0 Å². The van der Waals surface area contributed by atoms with Crippen molar-refractivity contribution < 1.29 is 22.3 Å². The quantitative estimate of drug-likeness (QED) is 0.540. The number of carbonyl (C=O) groups is 1. The molecule has 9 heteroatoms. The molecular weight excluding hydrogens is 421 g/mol. The lowest BCUT2D eigenvalue weighted by Gasteiger charge is -2.26. The van der Waals surface area contributed by atoms with Crippen molar-refractivity contribution >= 4 is 15.9 Å². The van der Waals surface area contributed by atoms with Gasteiger partial charge in [-0.15, -0.1) is 0 Å². The molecule has 1 heterocycles. The monoisotopic (exact) mass is 449 g/mol. The average Bonchev–Trinajstić information content (AvgIpc) is 2.78. The maximum atomic E-state index is 14.2. The van der Waals surface area contributed by atoms with Gasteiger partial charge in [0.1, 0.15) is 5.82 Å². The van der Waals surface area contributed by atoms with Gasteiger partial charge in [0.2, 0.25) is 10.0 Å². The van der Waals surface area contributed by atoms with Crippen molar-refractivity contribution in [3.05, 3.63) is 65.5 Å². The van der Waals surface area contributed by atoms with E-state index in [4.69, 9.17) is 4.74 Å². The largest absolute Gasteiger partial charge is 0.379 e. The van der Waals surface area contributed by atoms with Crippen molar-refractivity contribution in [2.24, 2.45) is 0 Å². The van der Waals surface area contributed by atoms with Gasteiger partial charge >= 0.3 is 0 Å². The van der Waals surface area contributed by atoms with Crippen molar-refractivity contribution in [3.8, 4) is 0 Å². The molecule has 1 fully saturated rings. The molecule has 0 saturated carbocycles. The molecule has 168 valence electrons. The Morgan fingerprint density at radius 3 is 2.55 bits per heavy atom. The number of sulfonamides is 1. The van der Waals surface area contributed by atoms with E-state index in [2.05, 4.69) is 14.9 Å². The lowest BCUT2D eigenvalue weighted by molar-refractivity contribution is 0.0374. The molecular formula is C22H28FN3O4S. The van der Waals surface area contributed by atoms with E-state index < -0.39 is 21.7 Å². The van der Waals surface area contributed by atoms with Crippen LogP contribution in [0.4, 0.5) is 4.39 Å². The van der Waals surface area contributed by atoms with E-state index in [1.807, 2.05) is 30.3 Å². The number of hydrogen-bond acceptors (Lipinski definition) is 5. The molecule has 0 unspecified atom stereocenters. The van der Waals surface area contributed by atoms with Crippen molar-refractivity contribution in [1.82, 2.24) is 14.9 Å². The molecule has 3 rings (SSSR count). The van der Waals surface area contributed by atoms with Crippen molar-refractivity contribution in [2.45, 2.75) is 17.7 Å². The molecule has 0 aromatic heterocycles. The van der Waals surface area contributed by atoms with Crippen LogP contribution >= 0.6 is 0 Å². The molecule has 2 N–H and O–H groups in total. The van der Waals surface area contributed by atoms with Gasteiger partial charge in [-0.05, 0) is 43.1 Å². The Hall–Kier alpha value is -2.33. The maximum absolute atomic E-state index is 14.2. The van der Waals surface area contributed by atoms with Crippen LogP contribution in [-0.4, -0.2) is 65.2 Å². The summed E-state index contributed by atoms with van der Waals surface area (Å²) in [6, 6.07) is 12.7. The predicted octanol–water partition coefficient (Wildman–Crippen LogP) is 1.80. The molecule has 1 saturated heterocycles. The van der Waals surface area contributed by atoms with Crippen LogP contribution in [0.1, 0.15) is 22.3 Å². The van der Waals surface area contributed by atoms with Crippen LogP contribution in [-0.2, 0) is 21.2 Å². The highest BCUT2D eigenvalue weighted by Crippen LogP contribution is 2.15. The number of carbonyl (C=O) groups excluding carboxylic acids is 1. The Balaban J connectivity index is 1.53. The molecule has 7 nitrogen and oxygen atoms in total. The molecule has 1 aliphatic heterocycles. The number of morpholine rings is 1. The summed E-state index contributed by atoms with van der Waals surface area (Å²) in [5, 5.41) is 2.67. The number of benzene rings is 2. The SMILES string of the molecule is O=C(NCCCN1CCOCC1)c1cc(S(=O)(=O)NCCc2ccccc2)ccc1F. The topological polar surface area (TPSA) is 87.7 Å². The van der Waals surface area contributed by atoms with Crippen LogP contribution in [0.15, 0.2) is 53.4 Å². The van der Waals surface area contributed by atoms with Crippen LogP contribution in [0, 0.1) is 5.82 Å². The molecule has 0 atom stereocenters. The van der Waals surface area contributed by atoms with Crippen LogP contribution < -0.4 is 10.0 Å². The highest BCUT2D eigenvalue weighted by Gasteiger charge is 2.19. The summed E-state index contributed by atoms with van der Waals surface area (Å²) in [4.78, 5) is 14.5. The zero-order chi connectivity index (χ0) is 22.1. The van der Waals surface area contributed by atoms with Gasteiger partial charge in [0.15, 0.2) is 0 Å². The molecule has 0 radical (unpaired) electrons. The van der Waals surface area contributed by atoms with E-state index in [1.165, 1.54) is 0 Å². The fourth-order valence-electron chi connectivity index (χ4n) is 3.33.